The number of hydrogen-bond acceptors (Lipinski definition) is 7. The summed E-state index contributed by atoms with van der Waals surface area (Å²) in [6, 6.07) is 4.34. The van der Waals surface area contributed by atoms with Gasteiger partial charge in [0.1, 0.15) is 5.82 Å². The molecule has 0 aromatic carbocycles. The van der Waals surface area contributed by atoms with Gasteiger partial charge in [-0.05, 0) is 45.6 Å². The lowest BCUT2D eigenvalue weighted by Crippen LogP contribution is -2.44. The number of nitrogens with zero attached hydrogens (tertiary/aromatic N) is 6. The van der Waals surface area contributed by atoms with Gasteiger partial charge in [0.2, 0.25) is 11.7 Å². The summed E-state index contributed by atoms with van der Waals surface area (Å²) in [6.45, 7) is 5.27. The molecule has 0 amide bonds. The van der Waals surface area contributed by atoms with Crippen molar-refractivity contribution in [2.45, 2.75) is 18.9 Å². The maximum Gasteiger partial charge on any atom is 0.244 e. The minimum Gasteiger partial charge on any atom is -0.354 e. The highest BCUT2D eigenvalue weighted by molar-refractivity contribution is 5.56. The number of likely N-dealkylation sites (tertiary alicyclic amines) is 1. The molecule has 4 heterocycles. The van der Waals surface area contributed by atoms with Gasteiger partial charge in [0, 0.05) is 37.9 Å². The minimum absolute atomic E-state index is 0.254. The Bertz CT molecular complexity index is 677. The molecule has 0 spiro atoms. The van der Waals surface area contributed by atoms with Gasteiger partial charge < -0.3 is 14.3 Å². The molecule has 4 rings (SSSR count). The van der Waals surface area contributed by atoms with E-state index in [2.05, 4.69) is 50.0 Å². The molecular formula is C17H24N6O. The lowest BCUT2D eigenvalue weighted by molar-refractivity contribution is 0.245. The number of anilines is 1. The summed E-state index contributed by atoms with van der Waals surface area (Å²) < 4.78 is 5.49. The highest BCUT2D eigenvalue weighted by Gasteiger charge is 2.28. The molecule has 2 saturated heterocycles. The highest BCUT2D eigenvalue weighted by Crippen LogP contribution is 2.30. The molecule has 2 aliphatic rings. The standard InChI is InChI=1S/C17H24N6O/c1-21-8-10-23(11-9-21)15-6-5-13(12-18-15)16-19-17(24-20-16)14-4-3-7-22(14)2/h5-6,12,14H,3-4,7-11H2,1-2H3. The summed E-state index contributed by atoms with van der Waals surface area (Å²) in [5.41, 5.74) is 0.906. The molecule has 1 unspecified atom stereocenters. The SMILES string of the molecule is CN1CCN(c2ccc(-c3noc(C4CCCN4C)n3)cn2)CC1. The van der Waals surface area contributed by atoms with Crippen molar-refractivity contribution in [2.75, 3.05) is 51.7 Å². The summed E-state index contributed by atoms with van der Waals surface area (Å²) in [7, 11) is 4.26. The van der Waals surface area contributed by atoms with Crippen molar-refractivity contribution in [3.05, 3.63) is 24.2 Å². The first kappa shape index (κ1) is 15.5. The maximum absolute atomic E-state index is 5.49. The van der Waals surface area contributed by atoms with Gasteiger partial charge in [-0.3, -0.25) is 4.90 Å². The number of piperazine rings is 1. The zero-order valence-corrected chi connectivity index (χ0v) is 14.4. The second kappa shape index (κ2) is 6.49. The largest absolute Gasteiger partial charge is 0.354 e. The molecule has 128 valence electrons. The second-order valence-electron chi connectivity index (χ2n) is 6.79. The molecule has 7 nitrogen and oxygen atoms in total. The van der Waals surface area contributed by atoms with Crippen LogP contribution >= 0.6 is 0 Å². The molecule has 0 radical (unpaired) electrons. The van der Waals surface area contributed by atoms with E-state index in [1.807, 2.05) is 12.3 Å². The van der Waals surface area contributed by atoms with Crippen LogP contribution in [-0.4, -0.2) is 71.7 Å². The Kier molecular flexibility index (Phi) is 4.20. The Hall–Kier alpha value is -1.99. The summed E-state index contributed by atoms with van der Waals surface area (Å²) in [6.07, 6.45) is 4.11. The fourth-order valence-electron chi connectivity index (χ4n) is 3.45. The van der Waals surface area contributed by atoms with Crippen LogP contribution in [-0.2, 0) is 0 Å². The van der Waals surface area contributed by atoms with E-state index in [0.29, 0.717) is 11.7 Å². The fourth-order valence-corrected chi connectivity index (χ4v) is 3.45. The van der Waals surface area contributed by atoms with E-state index in [4.69, 9.17) is 4.52 Å². The zero-order valence-electron chi connectivity index (χ0n) is 14.4. The van der Waals surface area contributed by atoms with Crippen LogP contribution in [0.15, 0.2) is 22.9 Å². The van der Waals surface area contributed by atoms with Gasteiger partial charge in [-0.1, -0.05) is 5.16 Å². The minimum atomic E-state index is 0.254. The third-order valence-electron chi connectivity index (χ3n) is 5.08. The van der Waals surface area contributed by atoms with Crippen LogP contribution in [0.4, 0.5) is 5.82 Å². The second-order valence-corrected chi connectivity index (χ2v) is 6.79. The summed E-state index contributed by atoms with van der Waals surface area (Å²) >= 11 is 0. The van der Waals surface area contributed by atoms with E-state index in [1.165, 1.54) is 6.42 Å². The topological polar surface area (TPSA) is 61.5 Å². The van der Waals surface area contributed by atoms with Gasteiger partial charge in [0.15, 0.2) is 0 Å². The number of hydrogen-bond donors (Lipinski definition) is 0. The van der Waals surface area contributed by atoms with E-state index >= 15 is 0 Å². The van der Waals surface area contributed by atoms with Crippen molar-refractivity contribution in [1.82, 2.24) is 24.9 Å². The number of rotatable bonds is 3. The average Bonchev–Trinajstić information content (AvgIpc) is 3.24. The maximum atomic E-state index is 5.49. The summed E-state index contributed by atoms with van der Waals surface area (Å²) in [5, 5.41) is 4.14. The van der Waals surface area contributed by atoms with Crippen molar-refractivity contribution in [3.63, 3.8) is 0 Å². The first-order chi connectivity index (χ1) is 11.7. The van der Waals surface area contributed by atoms with Gasteiger partial charge >= 0.3 is 0 Å². The molecule has 2 fully saturated rings. The number of pyridine rings is 1. The molecule has 0 saturated carbocycles. The number of likely N-dealkylation sites (N-methyl/N-ethyl adjacent to an activating group) is 1. The lowest BCUT2D eigenvalue weighted by Gasteiger charge is -2.33. The van der Waals surface area contributed by atoms with Crippen LogP contribution in [0.3, 0.4) is 0 Å². The first-order valence-electron chi connectivity index (χ1n) is 8.64. The summed E-state index contributed by atoms with van der Waals surface area (Å²) in [5.74, 6) is 2.36. The Morgan fingerprint density at radius 3 is 2.58 bits per heavy atom. The fraction of sp³-hybridized carbons (Fsp3) is 0.588. The molecule has 1 atom stereocenters. The van der Waals surface area contributed by atoms with Crippen LogP contribution in [0, 0.1) is 0 Å². The molecule has 0 aliphatic carbocycles. The molecule has 24 heavy (non-hydrogen) atoms. The van der Waals surface area contributed by atoms with Gasteiger partial charge in [-0.25, -0.2) is 4.98 Å². The van der Waals surface area contributed by atoms with E-state index in [1.54, 1.807) is 0 Å². The Labute approximate surface area is 142 Å². The monoisotopic (exact) mass is 328 g/mol. The Morgan fingerprint density at radius 1 is 1.08 bits per heavy atom. The van der Waals surface area contributed by atoms with Crippen LogP contribution in [0.25, 0.3) is 11.4 Å². The van der Waals surface area contributed by atoms with Crippen LogP contribution in [0.5, 0.6) is 0 Å². The van der Waals surface area contributed by atoms with Gasteiger partial charge in [0.25, 0.3) is 0 Å². The van der Waals surface area contributed by atoms with Crippen LogP contribution in [0.2, 0.25) is 0 Å². The van der Waals surface area contributed by atoms with Crippen LogP contribution in [0.1, 0.15) is 24.8 Å². The lowest BCUT2D eigenvalue weighted by atomic mass is 10.2. The predicted octanol–water partition coefficient (Wildman–Crippen LogP) is 1.65. The zero-order chi connectivity index (χ0) is 16.5. The molecule has 0 bridgehead atoms. The summed E-state index contributed by atoms with van der Waals surface area (Å²) in [4.78, 5) is 16.1. The molecule has 2 aromatic rings. The third kappa shape index (κ3) is 3.01. The van der Waals surface area contributed by atoms with Crippen LogP contribution < -0.4 is 4.90 Å². The average molecular weight is 328 g/mol. The van der Waals surface area contributed by atoms with Crippen molar-refractivity contribution >= 4 is 5.82 Å². The smallest absolute Gasteiger partial charge is 0.244 e. The van der Waals surface area contributed by atoms with Gasteiger partial charge in [-0.15, -0.1) is 0 Å². The molecule has 0 N–H and O–H groups in total. The predicted molar refractivity (Wildman–Crippen MR) is 91.8 cm³/mol. The Balaban J connectivity index is 1.48. The molecule has 7 heteroatoms. The van der Waals surface area contributed by atoms with Crippen molar-refractivity contribution in [2.24, 2.45) is 0 Å². The van der Waals surface area contributed by atoms with Crippen molar-refractivity contribution < 1.29 is 4.52 Å². The van der Waals surface area contributed by atoms with E-state index < -0.39 is 0 Å². The van der Waals surface area contributed by atoms with E-state index in [0.717, 1.165) is 50.5 Å². The van der Waals surface area contributed by atoms with E-state index in [9.17, 15) is 0 Å². The molecule has 2 aliphatic heterocycles. The normalized spacial score (nSPS) is 23.1. The van der Waals surface area contributed by atoms with Gasteiger partial charge in [-0.2, -0.15) is 4.98 Å². The highest BCUT2D eigenvalue weighted by atomic mass is 16.5. The van der Waals surface area contributed by atoms with Crippen molar-refractivity contribution in [1.29, 1.82) is 0 Å². The molecule has 2 aromatic heterocycles. The quantitative estimate of drug-likeness (QED) is 0.849. The Morgan fingerprint density at radius 2 is 1.92 bits per heavy atom. The van der Waals surface area contributed by atoms with Gasteiger partial charge in [0.05, 0.1) is 6.04 Å². The first-order valence-corrected chi connectivity index (χ1v) is 8.64. The third-order valence-corrected chi connectivity index (χ3v) is 5.08. The molecular weight excluding hydrogens is 304 g/mol. The van der Waals surface area contributed by atoms with Crippen molar-refractivity contribution in [3.8, 4) is 11.4 Å². The van der Waals surface area contributed by atoms with E-state index in [-0.39, 0.29) is 6.04 Å². The number of aromatic nitrogens is 3.